The number of ether oxygens (including phenoxy) is 3. The van der Waals surface area contributed by atoms with Crippen LogP contribution in [0.15, 0.2) is 66.9 Å². The lowest BCUT2D eigenvalue weighted by Crippen LogP contribution is -2.36. The van der Waals surface area contributed by atoms with Gasteiger partial charge in [-0.2, -0.15) is 0 Å². The smallest absolute Gasteiger partial charge is 0.306 e. The summed E-state index contributed by atoms with van der Waals surface area (Å²) in [6.07, 6.45) is 4.94. The lowest BCUT2D eigenvalue weighted by molar-refractivity contribution is -0.143. The van der Waals surface area contributed by atoms with E-state index in [1.54, 1.807) is 49.7 Å². The van der Waals surface area contributed by atoms with Gasteiger partial charge in [-0.05, 0) is 68.1 Å². The van der Waals surface area contributed by atoms with Crippen molar-refractivity contribution < 1.29 is 28.9 Å². The second-order valence-corrected chi connectivity index (χ2v) is 11.2. The Morgan fingerprint density at radius 1 is 1.02 bits per heavy atom. The van der Waals surface area contributed by atoms with Crippen molar-refractivity contribution in [2.24, 2.45) is 11.8 Å². The average Bonchev–Trinajstić information content (AvgIpc) is 3.88. The second-order valence-electron chi connectivity index (χ2n) is 11.2. The molecule has 2 unspecified atom stereocenters. The number of Topliss-reactive ketones (excluding diaryl/α,β-unsaturated/α-hetero) is 1. The quantitative estimate of drug-likeness (QED) is 0.204. The first-order valence-corrected chi connectivity index (χ1v) is 14.9. The van der Waals surface area contributed by atoms with Crippen LogP contribution in [-0.4, -0.2) is 55.3 Å². The molecule has 1 N–H and O–H groups in total. The number of esters is 1. The molecule has 5 rings (SSSR count). The van der Waals surface area contributed by atoms with Gasteiger partial charge in [0.05, 0.1) is 26.7 Å². The zero-order valence-corrected chi connectivity index (χ0v) is 24.4. The number of methoxy groups -OCH3 is 1. The summed E-state index contributed by atoms with van der Waals surface area (Å²) in [5, 5.41) is 11.1. The summed E-state index contributed by atoms with van der Waals surface area (Å²) in [6, 6.07) is 18.3. The van der Waals surface area contributed by atoms with Crippen molar-refractivity contribution in [1.82, 2.24) is 4.98 Å². The third kappa shape index (κ3) is 7.29. The molecule has 42 heavy (non-hydrogen) atoms. The molecule has 3 aromatic rings. The van der Waals surface area contributed by atoms with Crippen molar-refractivity contribution in [2.45, 2.75) is 51.0 Å². The number of hydrogen-bond donors (Lipinski definition) is 1. The maximum absolute atomic E-state index is 13.0. The maximum Gasteiger partial charge on any atom is 0.306 e. The highest BCUT2D eigenvalue weighted by molar-refractivity contribution is 6.00. The van der Waals surface area contributed by atoms with Crippen LogP contribution in [0.5, 0.6) is 11.6 Å². The minimum atomic E-state index is -1.27. The van der Waals surface area contributed by atoms with E-state index in [4.69, 9.17) is 14.2 Å². The highest BCUT2D eigenvalue weighted by atomic mass is 16.5. The summed E-state index contributed by atoms with van der Waals surface area (Å²) in [6.45, 7) is 4.30. The molecule has 0 radical (unpaired) electrons. The molecule has 1 saturated carbocycles. The van der Waals surface area contributed by atoms with Gasteiger partial charge in [0, 0.05) is 48.2 Å². The number of rotatable bonds is 13. The Morgan fingerprint density at radius 2 is 1.79 bits per heavy atom. The number of aliphatic hydroxyl groups excluding tert-OH is 1. The summed E-state index contributed by atoms with van der Waals surface area (Å²) in [7, 11) is 1.61. The normalized spacial score (nSPS) is 16.9. The maximum atomic E-state index is 13.0. The number of aromatic nitrogens is 1. The minimum absolute atomic E-state index is 0.138. The number of hydrogen-bond acceptors (Lipinski definition) is 8. The molecule has 2 atom stereocenters. The molecule has 2 aromatic carbocycles. The Labute approximate surface area is 247 Å². The van der Waals surface area contributed by atoms with Gasteiger partial charge in [0.25, 0.3) is 0 Å². The van der Waals surface area contributed by atoms with Crippen molar-refractivity contribution >= 4 is 17.4 Å². The Morgan fingerprint density at radius 3 is 2.48 bits per heavy atom. The van der Waals surface area contributed by atoms with Crippen molar-refractivity contribution in [3.05, 3.63) is 83.6 Å². The largest absolute Gasteiger partial charge is 0.497 e. The number of nitrogens with zero attached hydrogens (tertiary/aromatic N) is 2. The van der Waals surface area contributed by atoms with Crippen LogP contribution in [0.4, 0.5) is 5.69 Å². The summed E-state index contributed by atoms with van der Waals surface area (Å²) < 4.78 is 16.8. The van der Waals surface area contributed by atoms with E-state index in [-0.39, 0.29) is 17.7 Å². The Balaban J connectivity index is 1.20. The lowest BCUT2D eigenvalue weighted by atomic mass is 9.91. The van der Waals surface area contributed by atoms with Gasteiger partial charge >= 0.3 is 5.97 Å². The zero-order valence-electron chi connectivity index (χ0n) is 24.4. The van der Waals surface area contributed by atoms with Gasteiger partial charge in [0.15, 0.2) is 5.78 Å². The SMILES string of the molecule is CCOC(=O)CC(c1ccnc(OCC2CCN(c3cc(OC)ccc3C(O)C(=O)c3ccccc3)CC2)c1)C1CC1. The molecular formula is C34H40N2O6. The van der Waals surface area contributed by atoms with Gasteiger partial charge in [0.2, 0.25) is 5.88 Å². The number of carbonyl (C=O) groups excluding carboxylic acids is 2. The molecule has 1 saturated heterocycles. The van der Waals surface area contributed by atoms with E-state index in [1.807, 2.05) is 31.2 Å². The van der Waals surface area contributed by atoms with Crippen LogP contribution in [0.25, 0.3) is 0 Å². The second kappa shape index (κ2) is 13.8. The zero-order chi connectivity index (χ0) is 29.5. The number of pyridine rings is 1. The molecule has 2 heterocycles. The number of ketones is 1. The van der Waals surface area contributed by atoms with Crippen LogP contribution in [0, 0.1) is 11.8 Å². The Bertz CT molecular complexity index is 1350. The molecule has 0 spiro atoms. The predicted molar refractivity (Wildman–Crippen MR) is 160 cm³/mol. The summed E-state index contributed by atoms with van der Waals surface area (Å²) >= 11 is 0. The topological polar surface area (TPSA) is 98.2 Å². The molecule has 1 aromatic heterocycles. The standard InChI is InChI=1S/C34H40N2O6/c1-3-41-32(37)21-29(24-9-10-24)26-13-16-35-31(19-26)42-22-23-14-17-36(18-15-23)30-20-27(40-2)11-12-28(30)34(39)33(38)25-7-5-4-6-8-25/h4-8,11-13,16,19-20,23-24,29,34,39H,3,9-10,14-15,17-18,21-22H2,1-2H3. The van der Waals surface area contributed by atoms with E-state index >= 15 is 0 Å². The molecule has 0 bridgehead atoms. The van der Waals surface area contributed by atoms with Crippen LogP contribution in [0.1, 0.15) is 72.5 Å². The Hall–Kier alpha value is -3.91. The lowest BCUT2D eigenvalue weighted by Gasteiger charge is -2.35. The molecule has 222 valence electrons. The van der Waals surface area contributed by atoms with Gasteiger partial charge < -0.3 is 24.2 Å². The fourth-order valence-corrected chi connectivity index (χ4v) is 5.79. The molecule has 8 heteroatoms. The summed E-state index contributed by atoms with van der Waals surface area (Å²) in [4.78, 5) is 31.9. The Kier molecular flexibility index (Phi) is 9.74. The summed E-state index contributed by atoms with van der Waals surface area (Å²) in [5.74, 6) is 1.77. The van der Waals surface area contributed by atoms with E-state index in [1.165, 1.54) is 0 Å². The summed E-state index contributed by atoms with van der Waals surface area (Å²) in [5.41, 5.74) is 2.95. The molecule has 1 aliphatic carbocycles. The number of aliphatic hydroxyl groups is 1. The van der Waals surface area contributed by atoms with E-state index < -0.39 is 6.10 Å². The van der Waals surface area contributed by atoms with Gasteiger partial charge in [-0.3, -0.25) is 9.59 Å². The average molecular weight is 573 g/mol. The van der Waals surface area contributed by atoms with E-state index in [0.29, 0.717) is 54.2 Å². The van der Waals surface area contributed by atoms with Gasteiger partial charge in [-0.25, -0.2) is 4.98 Å². The van der Waals surface area contributed by atoms with Crippen LogP contribution in [-0.2, 0) is 9.53 Å². The number of anilines is 1. The van der Waals surface area contributed by atoms with E-state index in [0.717, 1.165) is 50.0 Å². The number of piperidine rings is 1. The van der Waals surface area contributed by atoms with Crippen molar-refractivity contribution in [3.8, 4) is 11.6 Å². The third-order valence-electron chi connectivity index (χ3n) is 8.33. The first-order valence-electron chi connectivity index (χ1n) is 14.9. The molecule has 0 amide bonds. The molecule has 2 fully saturated rings. The van der Waals surface area contributed by atoms with E-state index in [2.05, 4.69) is 9.88 Å². The van der Waals surface area contributed by atoms with Crippen LogP contribution < -0.4 is 14.4 Å². The highest BCUT2D eigenvalue weighted by Gasteiger charge is 2.34. The molecule has 8 nitrogen and oxygen atoms in total. The van der Waals surface area contributed by atoms with Crippen LogP contribution >= 0.6 is 0 Å². The van der Waals surface area contributed by atoms with Crippen LogP contribution in [0.3, 0.4) is 0 Å². The van der Waals surface area contributed by atoms with Gasteiger partial charge in [0.1, 0.15) is 11.9 Å². The molecule has 2 aliphatic rings. The number of benzene rings is 2. The van der Waals surface area contributed by atoms with Gasteiger partial charge in [-0.1, -0.05) is 36.4 Å². The third-order valence-corrected chi connectivity index (χ3v) is 8.33. The fraction of sp³-hybridized carbons (Fsp3) is 0.441. The molecule has 1 aliphatic heterocycles. The van der Waals surface area contributed by atoms with Crippen molar-refractivity contribution in [2.75, 3.05) is 38.3 Å². The first-order chi connectivity index (χ1) is 20.5. The monoisotopic (exact) mass is 572 g/mol. The first kappa shape index (κ1) is 29.6. The van der Waals surface area contributed by atoms with Crippen LogP contribution in [0.2, 0.25) is 0 Å². The number of carbonyl (C=O) groups is 2. The van der Waals surface area contributed by atoms with E-state index in [9.17, 15) is 14.7 Å². The fourth-order valence-electron chi connectivity index (χ4n) is 5.79. The predicted octanol–water partition coefficient (Wildman–Crippen LogP) is 5.75. The molecular weight excluding hydrogens is 532 g/mol. The van der Waals surface area contributed by atoms with Crippen molar-refractivity contribution in [3.63, 3.8) is 0 Å². The minimum Gasteiger partial charge on any atom is -0.497 e. The highest BCUT2D eigenvalue weighted by Crippen LogP contribution is 2.45. The van der Waals surface area contributed by atoms with Crippen molar-refractivity contribution in [1.29, 1.82) is 0 Å². The van der Waals surface area contributed by atoms with Gasteiger partial charge in [-0.15, -0.1) is 0 Å².